The van der Waals surface area contributed by atoms with Crippen LogP contribution in [0, 0.1) is 13.8 Å². The van der Waals surface area contributed by atoms with E-state index >= 15 is 0 Å². The van der Waals surface area contributed by atoms with Crippen LogP contribution in [0.3, 0.4) is 0 Å². The van der Waals surface area contributed by atoms with E-state index < -0.39 is 6.04 Å². The van der Waals surface area contributed by atoms with Crippen molar-refractivity contribution < 1.29 is 9.59 Å². The fourth-order valence-electron chi connectivity index (χ4n) is 3.87. The molecule has 0 aliphatic heterocycles. The molecular formula is C30H36N2O2. The fourth-order valence-corrected chi connectivity index (χ4v) is 3.87. The van der Waals surface area contributed by atoms with Crippen LogP contribution in [0.5, 0.6) is 0 Å². The second-order valence-corrected chi connectivity index (χ2v) is 9.19. The summed E-state index contributed by atoms with van der Waals surface area (Å²) >= 11 is 0. The lowest BCUT2D eigenvalue weighted by Gasteiger charge is -2.32. The van der Waals surface area contributed by atoms with Crippen molar-refractivity contribution in [2.45, 2.75) is 65.6 Å². The molecule has 4 heteroatoms. The van der Waals surface area contributed by atoms with Crippen molar-refractivity contribution in [1.29, 1.82) is 0 Å². The molecule has 2 atom stereocenters. The number of hydrogen-bond acceptors (Lipinski definition) is 2. The molecule has 2 amide bonds. The van der Waals surface area contributed by atoms with E-state index in [1.165, 1.54) is 0 Å². The summed E-state index contributed by atoms with van der Waals surface area (Å²) in [6.07, 6.45) is 1.56. The van der Waals surface area contributed by atoms with Gasteiger partial charge in [0.15, 0.2) is 0 Å². The molecule has 0 unspecified atom stereocenters. The van der Waals surface area contributed by atoms with Crippen molar-refractivity contribution in [3.63, 3.8) is 0 Å². The first-order valence-corrected chi connectivity index (χ1v) is 12.1. The van der Waals surface area contributed by atoms with Crippen molar-refractivity contribution >= 4 is 11.8 Å². The first kappa shape index (κ1) is 25.2. The third-order valence-corrected chi connectivity index (χ3v) is 6.22. The molecule has 3 aromatic carbocycles. The van der Waals surface area contributed by atoms with E-state index in [-0.39, 0.29) is 24.3 Å². The molecule has 34 heavy (non-hydrogen) atoms. The van der Waals surface area contributed by atoms with Gasteiger partial charge in [-0.25, -0.2) is 0 Å². The number of hydrogen-bond donors (Lipinski definition) is 1. The maximum atomic E-state index is 13.7. The molecule has 3 rings (SSSR count). The minimum absolute atomic E-state index is 0.0409. The van der Waals surface area contributed by atoms with E-state index in [0.717, 1.165) is 34.2 Å². The Balaban J connectivity index is 1.95. The third kappa shape index (κ3) is 7.31. The molecule has 0 fully saturated rings. The maximum Gasteiger partial charge on any atom is 0.243 e. The Bertz CT molecular complexity index is 1060. The Morgan fingerprint density at radius 3 is 1.91 bits per heavy atom. The molecule has 178 valence electrons. The van der Waals surface area contributed by atoms with Crippen LogP contribution in [0.4, 0.5) is 0 Å². The fraction of sp³-hybridized carbons (Fsp3) is 0.333. The molecule has 0 aliphatic rings. The molecule has 0 radical (unpaired) electrons. The van der Waals surface area contributed by atoms with Crippen LogP contribution in [0.15, 0.2) is 78.9 Å². The van der Waals surface area contributed by atoms with Gasteiger partial charge >= 0.3 is 0 Å². The van der Waals surface area contributed by atoms with Gasteiger partial charge in [-0.2, -0.15) is 0 Å². The van der Waals surface area contributed by atoms with Crippen molar-refractivity contribution in [1.82, 2.24) is 10.2 Å². The third-order valence-electron chi connectivity index (χ3n) is 6.22. The molecule has 1 N–H and O–H groups in total. The highest BCUT2D eigenvalue weighted by molar-refractivity contribution is 5.89. The van der Waals surface area contributed by atoms with Crippen LogP contribution in [0.25, 0.3) is 0 Å². The van der Waals surface area contributed by atoms with Crippen molar-refractivity contribution in [3.05, 3.63) is 107 Å². The van der Waals surface area contributed by atoms with Gasteiger partial charge in [0.1, 0.15) is 6.04 Å². The monoisotopic (exact) mass is 456 g/mol. The quantitative estimate of drug-likeness (QED) is 0.444. The van der Waals surface area contributed by atoms with Gasteiger partial charge in [0.2, 0.25) is 11.8 Å². The molecule has 0 bridgehead atoms. The van der Waals surface area contributed by atoms with Crippen LogP contribution < -0.4 is 5.32 Å². The van der Waals surface area contributed by atoms with Gasteiger partial charge in [-0.1, -0.05) is 96.9 Å². The number of carbonyl (C=O) groups excluding carboxylic acids is 2. The van der Waals surface area contributed by atoms with Gasteiger partial charge in [-0.3, -0.25) is 9.59 Å². The Morgan fingerprint density at radius 1 is 0.794 bits per heavy atom. The summed E-state index contributed by atoms with van der Waals surface area (Å²) in [5, 5.41) is 3.12. The number of nitrogens with one attached hydrogen (secondary N) is 1. The van der Waals surface area contributed by atoms with E-state index in [1.54, 1.807) is 4.90 Å². The predicted octanol–water partition coefficient (Wildman–Crippen LogP) is 5.40. The van der Waals surface area contributed by atoms with E-state index in [2.05, 4.69) is 5.32 Å². The summed E-state index contributed by atoms with van der Waals surface area (Å²) in [4.78, 5) is 29.0. The SMILES string of the molecule is CC[C@H](C)NC(=O)[C@H](Cc1ccccc1)N(Cc1ccc(C)cc1)C(=O)Cc1ccc(C)cc1. The van der Waals surface area contributed by atoms with E-state index in [4.69, 9.17) is 0 Å². The van der Waals surface area contributed by atoms with E-state index in [1.807, 2.05) is 107 Å². The lowest BCUT2D eigenvalue weighted by molar-refractivity contribution is -0.141. The van der Waals surface area contributed by atoms with Crippen LogP contribution in [-0.4, -0.2) is 28.8 Å². The summed E-state index contributed by atoms with van der Waals surface area (Å²) in [6, 6.07) is 25.5. The molecule has 0 aromatic heterocycles. The summed E-state index contributed by atoms with van der Waals surface area (Å²) in [5.74, 6) is -0.160. The van der Waals surface area contributed by atoms with Crippen LogP contribution in [0.1, 0.15) is 48.1 Å². The number of rotatable bonds is 10. The van der Waals surface area contributed by atoms with Crippen LogP contribution >= 0.6 is 0 Å². The smallest absolute Gasteiger partial charge is 0.243 e. The zero-order chi connectivity index (χ0) is 24.5. The molecular weight excluding hydrogens is 420 g/mol. The first-order chi connectivity index (χ1) is 16.4. The highest BCUT2D eigenvalue weighted by Gasteiger charge is 2.31. The van der Waals surface area contributed by atoms with Gasteiger partial charge < -0.3 is 10.2 Å². The molecule has 0 spiro atoms. The van der Waals surface area contributed by atoms with E-state index in [9.17, 15) is 9.59 Å². The van der Waals surface area contributed by atoms with Crippen LogP contribution in [-0.2, 0) is 29.0 Å². The first-order valence-electron chi connectivity index (χ1n) is 12.1. The second-order valence-electron chi connectivity index (χ2n) is 9.19. The Kier molecular flexibility index (Phi) is 9.03. The van der Waals surface area contributed by atoms with Gasteiger partial charge in [0.05, 0.1) is 6.42 Å². The summed E-state index contributed by atoms with van der Waals surface area (Å²) in [7, 11) is 0. The van der Waals surface area contributed by atoms with Crippen LogP contribution in [0.2, 0.25) is 0 Å². The lowest BCUT2D eigenvalue weighted by atomic mass is 10.0. The zero-order valence-corrected chi connectivity index (χ0v) is 20.8. The summed E-state index contributed by atoms with van der Waals surface area (Å²) in [5.41, 5.74) is 5.31. The number of aryl methyl sites for hydroxylation is 2. The Morgan fingerprint density at radius 2 is 1.35 bits per heavy atom. The topological polar surface area (TPSA) is 49.4 Å². The standard InChI is InChI=1S/C30H36N2O2/c1-5-24(4)31-30(34)28(19-25-9-7-6-8-10-25)32(21-27-17-13-23(3)14-18-27)29(33)20-26-15-11-22(2)12-16-26/h6-18,24,28H,5,19-21H2,1-4H3,(H,31,34)/t24-,28-/m0/s1. The normalized spacial score (nSPS) is 12.6. The number of amides is 2. The van der Waals surface area contributed by atoms with Gasteiger partial charge in [0.25, 0.3) is 0 Å². The number of nitrogens with zero attached hydrogens (tertiary/aromatic N) is 1. The van der Waals surface area contributed by atoms with Gasteiger partial charge in [-0.05, 0) is 43.9 Å². The molecule has 0 heterocycles. The Hall–Kier alpha value is -3.40. The van der Waals surface area contributed by atoms with Gasteiger partial charge in [-0.15, -0.1) is 0 Å². The maximum absolute atomic E-state index is 13.7. The van der Waals surface area contributed by atoms with Gasteiger partial charge in [0, 0.05) is 19.0 Å². The van der Waals surface area contributed by atoms with Crippen molar-refractivity contribution in [3.8, 4) is 0 Å². The Labute approximate surface area is 204 Å². The van der Waals surface area contributed by atoms with Crippen molar-refractivity contribution in [2.75, 3.05) is 0 Å². The van der Waals surface area contributed by atoms with E-state index in [0.29, 0.717) is 13.0 Å². The molecule has 0 saturated heterocycles. The number of carbonyl (C=O) groups is 2. The predicted molar refractivity (Wildman–Crippen MR) is 138 cm³/mol. The molecule has 4 nitrogen and oxygen atoms in total. The average Bonchev–Trinajstić information content (AvgIpc) is 2.84. The number of benzene rings is 3. The lowest BCUT2D eigenvalue weighted by Crippen LogP contribution is -2.52. The molecule has 3 aromatic rings. The largest absolute Gasteiger partial charge is 0.352 e. The minimum atomic E-state index is -0.601. The highest BCUT2D eigenvalue weighted by Crippen LogP contribution is 2.17. The zero-order valence-electron chi connectivity index (χ0n) is 20.8. The minimum Gasteiger partial charge on any atom is -0.352 e. The second kappa shape index (κ2) is 12.2. The molecule has 0 saturated carbocycles. The summed E-state index contributed by atoms with van der Waals surface area (Å²) in [6.45, 7) is 8.50. The molecule has 0 aliphatic carbocycles. The highest BCUT2D eigenvalue weighted by atomic mass is 16.2. The summed E-state index contributed by atoms with van der Waals surface area (Å²) < 4.78 is 0. The van der Waals surface area contributed by atoms with Crippen molar-refractivity contribution in [2.24, 2.45) is 0 Å². The average molecular weight is 457 g/mol.